The molecule has 1 fully saturated rings. The second kappa shape index (κ2) is 8.23. The summed E-state index contributed by atoms with van der Waals surface area (Å²) in [5.74, 6) is 0.808. The van der Waals surface area contributed by atoms with Crippen LogP contribution in [0.2, 0.25) is 10.0 Å². The molecule has 112 valence electrons. The summed E-state index contributed by atoms with van der Waals surface area (Å²) in [5.41, 5.74) is 1.20. The van der Waals surface area contributed by atoms with E-state index in [1.807, 2.05) is 18.2 Å². The summed E-state index contributed by atoms with van der Waals surface area (Å²) in [7, 11) is 0. The summed E-state index contributed by atoms with van der Waals surface area (Å²) < 4.78 is 0. The minimum absolute atomic E-state index is 0.710. The first-order chi connectivity index (χ1) is 9.69. The Bertz CT molecular complexity index is 423. The minimum atomic E-state index is 0.710. The topological polar surface area (TPSA) is 15.3 Å². The summed E-state index contributed by atoms with van der Waals surface area (Å²) in [6.45, 7) is 8.02. The zero-order valence-electron chi connectivity index (χ0n) is 12.2. The van der Waals surface area contributed by atoms with Crippen molar-refractivity contribution in [3.8, 4) is 0 Å². The van der Waals surface area contributed by atoms with Crippen LogP contribution in [0.5, 0.6) is 0 Å². The maximum atomic E-state index is 6.22. The molecule has 0 aromatic heterocycles. The Kier molecular flexibility index (Phi) is 6.63. The van der Waals surface area contributed by atoms with E-state index < -0.39 is 0 Å². The molecule has 1 heterocycles. The van der Waals surface area contributed by atoms with Crippen LogP contribution in [0.1, 0.15) is 25.3 Å². The van der Waals surface area contributed by atoms with Gasteiger partial charge in [0.25, 0.3) is 0 Å². The summed E-state index contributed by atoms with van der Waals surface area (Å²) in [5, 5.41) is 5.02. The van der Waals surface area contributed by atoms with Gasteiger partial charge in [0, 0.05) is 23.1 Å². The molecule has 0 radical (unpaired) electrons. The van der Waals surface area contributed by atoms with Crippen LogP contribution in [0.3, 0.4) is 0 Å². The predicted molar refractivity (Wildman–Crippen MR) is 87.9 cm³/mol. The number of nitrogens with one attached hydrogen (secondary N) is 1. The lowest BCUT2D eigenvalue weighted by Crippen LogP contribution is -2.28. The first-order valence-electron chi connectivity index (χ1n) is 7.56. The summed E-state index contributed by atoms with van der Waals surface area (Å²) >= 11 is 12.1. The van der Waals surface area contributed by atoms with Gasteiger partial charge in [-0.3, -0.25) is 0 Å². The monoisotopic (exact) mass is 314 g/mol. The first kappa shape index (κ1) is 16.1. The zero-order chi connectivity index (χ0) is 14.4. The van der Waals surface area contributed by atoms with Crippen LogP contribution in [0.15, 0.2) is 18.2 Å². The fraction of sp³-hybridized carbons (Fsp3) is 0.625. The maximum absolute atomic E-state index is 6.22. The van der Waals surface area contributed by atoms with E-state index in [1.165, 1.54) is 31.5 Å². The molecule has 1 saturated heterocycles. The van der Waals surface area contributed by atoms with Crippen LogP contribution in [-0.2, 0) is 6.42 Å². The van der Waals surface area contributed by atoms with Crippen LogP contribution in [0, 0.1) is 5.92 Å². The SMILES string of the molecule is CCCNCC1CCN(CCc2ccc(Cl)cc2Cl)C1. The van der Waals surface area contributed by atoms with Crippen LogP contribution >= 0.6 is 23.2 Å². The highest BCUT2D eigenvalue weighted by Crippen LogP contribution is 2.22. The fourth-order valence-electron chi connectivity index (χ4n) is 2.77. The van der Waals surface area contributed by atoms with Crippen molar-refractivity contribution in [3.05, 3.63) is 33.8 Å². The fourth-order valence-corrected chi connectivity index (χ4v) is 3.27. The average Bonchev–Trinajstić information content (AvgIpc) is 2.86. The van der Waals surface area contributed by atoms with E-state index in [1.54, 1.807) is 0 Å². The van der Waals surface area contributed by atoms with Gasteiger partial charge in [-0.25, -0.2) is 0 Å². The second-order valence-corrected chi connectivity index (χ2v) is 6.49. The molecule has 0 amide bonds. The Morgan fingerprint density at radius 3 is 2.95 bits per heavy atom. The van der Waals surface area contributed by atoms with Gasteiger partial charge in [-0.1, -0.05) is 36.2 Å². The largest absolute Gasteiger partial charge is 0.316 e. The van der Waals surface area contributed by atoms with Crippen molar-refractivity contribution in [2.24, 2.45) is 5.92 Å². The van der Waals surface area contributed by atoms with Crippen LogP contribution in [-0.4, -0.2) is 37.6 Å². The number of halogens is 2. The molecular weight excluding hydrogens is 291 g/mol. The second-order valence-electron chi connectivity index (χ2n) is 5.65. The molecule has 1 aliphatic heterocycles. The lowest BCUT2D eigenvalue weighted by atomic mass is 10.1. The van der Waals surface area contributed by atoms with Gasteiger partial charge >= 0.3 is 0 Å². The normalized spacial score (nSPS) is 19.6. The van der Waals surface area contributed by atoms with E-state index in [4.69, 9.17) is 23.2 Å². The van der Waals surface area contributed by atoms with Crippen LogP contribution in [0.4, 0.5) is 0 Å². The van der Waals surface area contributed by atoms with Crippen LogP contribution < -0.4 is 5.32 Å². The third-order valence-electron chi connectivity index (χ3n) is 3.94. The number of nitrogens with zero attached hydrogens (tertiary/aromatic N) is 1. The third kappa shape index (κ3) is 4.92. The summed E-state index contributed by atoms with van der Waals surface area (Å²) in [6.07, 6.45) is 3.53. The molecule has 0 bridgehead atoms. The van der Waals surface area contributed by atoms with Gasteiger partial charge in [-0.05, 0) is 62.5 Å². The molecule has 1 aliphatic rings. The highest BCUT2D eigenvalue weighted by atomic mass is 35.5. The average molecular weight is 315 g/mol. The van der Waals surface area contributed by atoms with E-state index in [9.17, 15) is 0 Å². The molecule has 2 rings (SSSR count). The van der Waals surface area contributed by atoms with Gasteiger partial charge in [0.05, 0.1) is 0 Å². The van der Waals surface area contributed by atoms with Crippen molar-refractivity contribution in [2.75, 3.05) is 32.7 Å². The highest BCUT2D eigenvalue weighted by molar-refractivity contribution is 6.35. The Morgan fingerprint density at radius 2 is 2.20 bits per heavy atom. The zero-order valence-corrected chi connectivity index (χ0v) is 13.7. The van der Waals surface area contributed by atoms with Crippen molar-refractivity contribution in [1.82, 2.24) is 10.2 Å². The molecule has 0 aliphatic carbocycles. The quantitative estimate of drug-likeness (QED) is 0.769. The van der Waals surface area contributed by atoms with E-state index in [2.05, 4.69) is 17.1 Å². The lowest BCUT2D eigenvalue weighted by Gasteiger charge is -2.16. The standard InChI is InChI=1S/C16H24Cl2N2/c1-2-7-19-11-13-5-8-20(12-13)9-6-14-3-4-15(17)10-16(14)18/h3-4,10,13,19H,2,5-9,11-12H2,1H3. The molecule has 0 saturated carbocycles. The molecule has 0 spiro atoms. The van der Waals surface area contributed by atoms with Gasteiger partial charge in [0.1, 0.15) is 0 Å². The lowest BCUT2D eigenvalue weighted by molar-refractivity contribution is 0.326. The molecule has 1 unspecified atom stereocenters. The minimum Gasteiger partial charge on any atom is -0.316 e. The van der Waals surface area contributed by atoms with Crippen molar-refractivity contribution in [1.29, 1.82) is 0 Å². The van der Waals surface area contributed by atoms with Crippen molar-refractivity contribution < 1.29 is 0 Å². The molecule has 4 heteroatoms. The molecule has 2 nitrogen and oxygen atoms in total. The Balaban J connectivity index is 1.72. The number of likely N-dealkylation sites (tertiary alicyclic amines) is 1. The summed E-state index contributed by atoms with van der Waals surface area (Å²) in [6, 6.07) is 5.80. The Labute approximate surface area is 132 Å². The number of hydrogen-bond donors (Lipinski definition) is 1. The predicted octanol–water partition coefficient (Wildman–Crippen LogP) is 3.86. The van der Waals surface area contributed by atoms with Gasteiger partial charge in [-0.2, -0.15) is 0 Å². The van der Waals surface area contributed by atoms with Gasteiger partial charge in [0.15, 0.2) is 0 Å². The van der Waals surface area contributed by atoms with Gasteiger partial charge in [0.2, 0.25) is 0 Å². The van der Waals surface area contributed by atoms with E-state index >= 15 is 0 Å². The van der Waals surface area contributed by atoms with Crippen molar-refractivity contribution >= 4 is 23.2 Å². The molecule has 1 aromatic rings. The molecule has 1 aromatic carbocycles. The molecular formula is C16H24Cl2N2. The number of hydrogen-bond acceptors (Lipinski definition) is 2. The number of benzene rings is 1. The highest BCUT2D eigenvalue weighted by Gasteiger charge is 2.21. The molecule has 1 atom stereocenters. The van der Waals surface area contributed by atoms with E-state index in [-0.39, 0.29) is 0 Å². The molecule has 20 heavy (non-hydrogen) atoms. The summed E-state index contributed by atoms with van der Waals surface area (Å²) in [4.78, 5) is 2.54. The van der Waals surface area contributed by atoms with Crippen molar-refractivity contribution in [2.45, 2.75) is 26.2 Å². The smallest absolute Gasteiger partial charge is 0.0453 e. The number of rotatable bonds is 7. The molecule has 1 N–H and O–H groups in total. The van der Waals surface area contributed by atoms with E-state index in [0.29, 0.717) is 5.02 Å². The maximum Gasteiger partial charge on any atom is 0.0453 e. The van der Waals surface area contributed by atoms with E-state index in [0.717, 1.165) is 37.0 Å². The van der Waals surface area contributed by atoms with Crippen molar-refractivity contribution in [3.63, 3.8) is 0 Å². The Morgan fingerprint density at radius 1 is 1.35 bits per heavy atom. The van der Waals surface area contributed by atoms with Gasteiger partial charge < -0.3 is 10.2 Å². The Hall–Kier alpha value is -0.280. The van der Waals surface area contributed by atoms with Crippen LogP contribution in [0.25, 0.3) is 0 Å². The third-order valence-corrected chi connectivity index (χ3v) is 4.53. The van der Waals surface area contributed by atoms with Gasteiger partial charge in [-0.15, -0.1) is 0 Å². The first-order valence-corrected chi connectivity index (χ1v) is 8.31.